The van der Waals surface area contributed by atoms with Gasteiger partial charge in [-0.3, -0.25) is 9.78 Å². The molecule has 1 aliphatic rings. The molecular formula is C13H19N3O5S2. The molecular weight excluding hydrogens is 342 g/mol. The summed E-state index contributed by atoms with van der Waals surface area (Å²) in [6, 6.07) is 2.88. The van der Waals surface area contributed by atoms with Gasteiger partial charge in [0.15, 0.2) is 9.84 Å². The van der Waals surface area contributed by atoms with E-state index in [1.807, 2.05) is 0 Å². The number of hydrogen-bond donors (Lipinski definition) is 1. The molecule has 1 N–H and O–H groups in total. The van der Waals surface area contributed by atoms with Gasteiger partial charge in [0.25, 0.3) is 0 Å². The van der Waals surface area contributed by atoms with Crippen LogP contribution in [0, 0.1) is 0 Å². The molecule has 1 fully saturated rings. The number of pyridine rings is 1. The molecule has 1 saturated heterocycles. The molecule has 10 heteroatoms. The van der Waals surface area contributed by atoms with E-state index >= 15 is 0 Å². The van der Waals surface area contributed by atoms with E-state index in [4.69, 9.17) is 0 Å². The van der Waals surface area contributed by atoms with E-state index in [9.17, 15) is 21.6 Å². The van der Waals surface area contributed by atoms with Crippen LogP contribution in [-0.2, 0) is 31.2 Å². The van der Waals surface area contributed by atoms with Crippen molar-refractivity contribution in [1.29, 1.82) is 0 Å². The molecule has 0 saturated carbocycles. The van der Waals surface area contributed by atoms with Gasteiger partial charge >= 0.3 is 0 Å². The van der Waals surface area contributed by atoms with Crippen LogP contribution in [0.2, 0.25) is 0 Å². The molecule has 2 rings (SSSR count). The Bertz CT molecular complexity index is 762. The van der Waals surface area contributed by atoms with Gasteiger partial charge in [-0.2, -0.15) is 4.31 Å². The molecule has 1 aromatic heterocycles. The van der Waals surface area contributed by atoms with Crippen LogP contribution < -0.4 is 5.32 Å². The molecule has 23 heavy (non-hydrogen) atoms. The molecule has 1 atom stereocenters. The fourth-order valence-electron chi connectivity index (χ4n) is 2.32. The summed E-state index contributed by atoms with van der Waals surface area (Å²) >= 11 is 0. The summed E-state index contributed by atoms with van der Waals surface area (Å²) < 4.78 is 47.5. The molecule has 128 valence electrons. The smallest absolute Gasteiger partial charge is 0.235 e. The maximum absolute atomic E-state index is 12.0. The van der Waals surface area contributed by atoms with Crippen molar-refractivity contribution in [2.45, 2.75) is 19.0 Å². The highest BCUT2D eigenvalue weighted by molar-refractivity contribution is 7.91. The van der Waals surface area contributed by atoms with Crippen molar-refractivity contribution in [3.63, 3.8) is 0 Å². The van der Waals surface area contributed by atoms with E-state index in [0.717, 1.165) is 10.6 Å². The maximum atomic E-state index is 12.0. The Hall–Kier alpha value is -1.52. The Morgan fingerprint density at radius 2 is 2.04 bits per heavy atom. The number of nitrogens with one attached hydrogen (secondary N) is 1. The van der Waals surface area contributed by atoms with Crippen molar-refractivity contribution in [3.05, 3.63) is 30.1 Å². The minimum Gasteiger partial charge on any atom is -0.351 e. The number of sulfone groups is 1. The Kier molecular flexibility index (Phi) is 5.37. The van der Waals surface area contributed by atoms with Crippen LogP contribution >= 0.6 is 0 Å². The zero-order valence-electron chi connectivity index (χ0n) is 12.7. The highest BCUT2D eigenvalue weighted by atomic mass is 32.2. The van der Waals surface area contributed by atoms with Crippen LogP contribution in [0.25, 0.3) is 0 Å². The molecule has 1 aromatic rings. The van der Waals surface area contributed by atoms with Crippen LogP contribution in [0.3, 0.4) is 0 Å². The number of nitrogens with zero attached hydrogens (tertiary/aromatic N) is 2. The van der Waals surface area contributed by atoms with Crippen LogP contribution in [0.4, 0.5) is 0 Å². The fourth-order valence-corrected chi connectivity index (χ4v) is 4.73. The Labute approximate surface area is 135 Å². The number of hydrogen-bond acceptors (Lipinski definition) is 6. The van der Waals surface area contributed by atoms with Crippen molar-refractivity contribution in [3.8, 4) is 0 Å². The topological polar surface area (TPSA) is 114 Å². The third kappa shape index (κ3) is 5.56. The highest BCUT2D eigenvalue weighted by Crippen LogP contribution is 2.12. The monoisotopic (exact) mass is 361 g/mol. The first-order chi connectivity index (χ1) is 10.7. The predicted molar refractivity (Wildman–Crippen MR) is 84.7 cm³/mol. The molecule has 1 amide bonds. The summed E-state index contributed by atoms with van der Waals surface area (Å²) in [7, 11) is -6.68. The number of carbonyl (C=O) groups excluding carboxylic acids is 1. The summed E-state index contributed by atoms with van der Waals surface area (Å²) in [5.41, 5.74) is 0.710. The van der Waals surface area contributed by atoms with E-state index < -0.39 is 31.8 Å². The van der Waals surface area contributed by atoms with E-state index in [-0.39, 0.29) is 24.6 Å². The van der Waals surface area contributed by atoms with Gasteiger partial charge in [0.05, 0.1) is 24.3 Å². The minimum atomic E-state index is -3.58. The SMILES string of the molecule is CS(=O)(=O)N(CC(=O)NC1CCS(=O)(=O)C1)Cc1ccncc1. The number of rotatable bonds is 6. The normalized spacial score (nSPS) is 20.5. The Morgan fingerprint density at radius 1 is 1.39 bits per heavy atom. The molecule has 0 aliphatic carbocycles. The first-order valence-corrected chi connectivity index (χ1v) is 10.7. The Morgan fingerprint density at radius 3 is 2.57 bits per heavy atom. The molecule has 1 unspecified atom stereocenters. The van der Waals surface area contributed by atoms with Gasteiger partial charge in [0.1, 0.15) is 0 Å². The Balaban J connectivity index is 1.99. The maximum Gasteiger partial charge on any atom is 0.235 e. The molecule has 0 spiro atoms. The quantitative estimate of drug-likeness (QED) is 0.706. The van der Waals surface area contributed by atoms with Crippen LogP contribution in [-0.4, -0.2) is 62.4 Å². The largest absolute Gasteiger partial charge is 0.351 e. The van der Waals surface area contributed by atoms with Crippen LogP contribution in [0.15, 0.2) is 24.5 Å². The lowest BCUT2D eigenvalue weighted by molar-refractivity contribution is -0.121. The van der Waals surface area contributed by atoms with Gasteiger partial charge in [-0.1, -0.05) is 0 Å². The lowest BCUT2D eigenvalue weighted by atomic mass is 10.2. The van der Waals surface area contributed by atoms with E-state index in [0.29, 0.717) is 12.0 Å². The summed E-state index contributed by atoms with van der Waals surface area (Å²) in [5, 5.41) is 2.59. The van der Waals surface area contributed by atoms with Gasteiger partial charge < -0.3 is 5.32 Å². The summed E-state index contributed by atoms with van der Waals surface area (Å²) in [5.74, 6) is -0.557. The van der Waals surface area contributed by atoms with Gasteiger partial charge in [-0.25, -0.2) is 16.8 Å². The third-order valence-electron chi connectivity index (χ3n) is 3.49. The average molecular weight is 361 g/mol. The second-order valence-corrected chi connectivity index (χ2v) is 9.77. The van der Waals surface area contributed by atoms with Crippen molar-refractivity contribution < 1.29 is 21.6 Å². The zero-order valence-corrected chi connectivity index (χ0v) is 14.3. The number of sulfonamides is 1. The van der Waals surface area contributed by atoms with Crippen LogP contribution in [0.1, 0.15) is 12.0 Å². The summed E-state index contributed by atoms with van der Waals surface area (Å²) in [6.45, 7) is -0.296. The van der Waals surface area contributed by atoms with Gasteiger partial charge in [0, 0.05) is 25.0 Å². The van der Waals surface area contributed by atoms with Crippen LogP contribution in [0.5, 0.6) is 0 Å². The summed E-state index contributed by atoms with van der Waals surface area (Å²) in [4.78, 5) is 15.9. The van der Waals surface area contributed by atoms with E-state index in [2.05, 4.69) is 10.3 Å². The van der Waals surface area contributed by atoms with Crippen molar-refractivity contribution in [2.75, 3.05) is 24.3 Å². The molecule has 8 nitrogen and oxygen atoms in total. The second-order valence-electron chi connectivity index (χ2n) is 5.55. The first-order valence-electron chi connectivity index (χ1n) is 6.99. The number of carbonyl (C=O) groups is 1. The van der Waals surface area contributed by atoms with Gasteiger partial charge in [-0.15, -0.1) is 0 Å². The second kappa shape index (κ2) is 6.93. The number of aromatic nitrogens is 1. The van der Waals surface area contributed by atoms with Crippen molar-refractivity contribution in [2.24, 2.45) is 0 Å². The molecule has 0 radical (unpaired) electrons. The number of amides is 1. The van der Waals surface area contributed by atoms with E-state index in [1.54, 1.807) is 24.5 Å². The minimum absolute atomic E-state index is 0.0464. The lowest BCUT2D eigenvalue weighted by Gasteiger charge is -2.20. The van der Waals surface area contributed by atoms with Gasteiger partial charge in [0.2, 0.25) is 15.9 Å². The molecule has 0 bridgehead atoms. The lowest BCUT2D eigenvalue weighted by Crippen LogP contribution is -2.44. The van der Waals surface area contributed by atoms with E-state index in [1.165, 1.54) is 0 Å². The summed E-state index contributed by atoms with van der Waals surface area (Å²) in [6.07, 6.45) is 4.47. The van der Waals surface area contributed by atoms with Gasteiger partial charge in [-0.05, 0) is 24.1 Å². The highest BCUT2D eigenvalue weighted by Gasteiger charge is 2.30. The van der Waals surface area contributed by atoms with Crippen molar-refractivity contribution >= 4 is 25.8 Å². The molecule has 2 heterocycles. The predicted octanol–water partition coefficient (Wildman–Crippen LogP) is -0.853. The third-order valence-corrected chi connectivity index (χ3v) is 6.46. The zero-order chi connectivity index (χ0) is 17.1. The molecule has 0 aromatic carbocycles. The average Bonchev–Trinajstić information content (AvgIpc) is 2.77. The van der Waals surface area contributed by atoms with Crippen molar-refractivity contribution in [1.82, 2.24) is 14.6 Å². The fraction of sp³-hybridized carbons (Fsp3) is 0.538. The molecule has 1 aliphatic heterocycles. The standard InChI is InChI=1S/C13H19N3O5S2/c1-22(18,19)16(8-11-2-5-14-6-3-11)9-13(17)15-12-4-7-23(20,21)10-12/h2-3,5-6,12H,4,7-10H2,1H3,(H,15,17). The first kappa shape index (κ1) is 17.8.